The van der Waals surface area contributed by atoms with Crippen LogP contribution in [0.15, 0.2) is 42.7 Å². The molecule has 23 heavy (non-hydrogen) atoms. The van der Waals surface area contributed by atoms with Gasteiger partial charge in [-0.05, 0) is 35.6 Å². The van der Waals surface area contributed by atoms with E-state index in [-0.39, 0.29) is 18.1 Å². The summed E-state index contributed by atoms with van der Waals surface area (Å²) in [4.78, 5) is 12.0. The Morgan fingerprint density at radius 3 is 2.87 bits per heavy atom. The first-order valence-electron chi connectivity index (χ1n) is 7.71. The van der Waals surface area contributed by atoms with Crippen LogP contribution in [0.1, 0.15) is 25.8 Å². The molecule has 0 aliphatic rings. The maximum absolute atomic E-state index is 12.0. The molecular weight excluding hydrogens is 292 g/mol. The summed E-state index contributed by atoms with van der Waals surface area (Å²) < 4.78 is 1.83. The van der Waals surface area contributed by atoms with E-state index in [0.717, 1.165) is 11.3 Å². The first-order chi connectivity index (χ1) is 11.0. The Balaban J connectivity index is 1.88. The van der Waals surface area contributed by atoms with Crippen molar-refractivity contribution in [3.05, 3.63) is 48.3 Å². The van der Waals surface area contributed by atoms with E-state index in [1.807, 2.05) is 55.1 Å². The Labute approximate surface area is 136 Å². The number of rotatable bonds is 7. The van der Waals surface area contributed by atoms with Crippen molar-refractivity contribution in [3.8, 4) is 0 Å². The standard InChI is InChI=1S/C17H24N4O2/c1-17(2,7-10-22)13-18-16(23)20-15-6-3-5-14(11-15)12-21-9-4-8-19-21/h3-6,8-9,11,22H,7,10,12-13H2,1-2H3,(H2,18,20,23). The average Bonchev–Trinajstić information content (AvgIpc) is 2.99. The molecule has 1 heterocycles. The number of amides is 2. The third-order valence-corrected chi connectivity index (χ3v) is 3.60. The van der Waals surface area contributed by atoms with Gasteiger partial charge in [-0.15, -0.1) is 0 Å². The van der Waals surface area contributed by atoms with E-state index in [2.05, 4.69) is 15.7 Å². The Morgan fingerprint density at radius 1 is 1.35 bits per heavy atom. The van der Waals surface area contributed by atoms with E-state index in [1.54, 1.807) is 6.20 Å². The van der Waals surface area contributed by atoms with E-state index >= 15 is 0 Å². The summed E-state index contributed by atoms with van der Waals surface area (Å²) in [5.41, 5.74) is 1.67. The molecule has 0 aliphatic heterocycles. The summed E-state index contributed by atoms with van der Waals surface area (Å²) in [6.07, 6.45) is 4.28. The van der Waals surface area contributed by atoms with Crippen molar-refractivity contribution in [3.63, 3.8) is 0 Å². The second-order valence-electron chi connectivity index (χ2n) is 6.35. The largest absolute Gasteiger partial charge is 0.396 e. The molecule has 0 radical (unpaired) electrons. The van der Waals surface area contributed by atoms with Gasteiger partial charge in [-0.3, -0.25) is 4.68 Å². The molecule has 0 atom stereocenters. The van der Waals surface area contributed by atoms with Crippen molar-refractivity contribution in [1.29, 1.82) is 0 Å². The number of nitrogens with one attached hydrogen (secondary N) is 2. The van der Waals surface area contributed by atoms with Crippen LogP contribution in [-0.2, 0) is 6.54 Å². The summed E-state index contributed by atoms with van der Waals surface area (Å²) in [7, 11) is 0. The summed E-state index contributed by atoms with van der Waals surface area (Å²) in [5.74, 6) is 0. The molecule has 0 fully saturated rings. The number of carbonyl (C=O) groups excluding carboxylic acids is 1. The van der Waals surface area contributed by atoms with Crippen LogP contribution in [0, 0.1) is 5.41 Å². The second-order valence-corrected chi connectivity index (χ2v) is 6.35. The number of carbonyl (C=O) groups is 1. The van der Waals surface area contributed by atoms with Gasteiger partial charge in [0.2, 0.25) is 0 Å². The maximum atomic E-state index is 12.0. The fraction of sp³-hybridized carbons (Fsp3) is 0.412. The zero-order valence-corrected chi connectivity index (χ0v) is 13.6. The number of aliphatic hydroxyl groups is 1. The monoisotopic (exact) mass is 316 g/mol. The highest BCUT2D eigenvalue weighted by Crippen LogP contribution is 2.18. The number of benzene rings is 1. The molecule has 1 aromatic heterocycles. The Hall–Kier alpha value is -2.34. The molecule has 2 aromatic rings. The van der Waals surface area contributed by atoms with Crippen molar-refractivity contribution >= 4 is 11.7 Å². The van der Waals surface area contributed by atoms with Crippen molar-refractivity contribution in [2.24, 2.45) is 5.41 Å². The fourth-order valence-electron chi connectivity index (χ4n) is 2.21. The lowest BCUT2D eigenvalue weighted by Gasteiger charge is -2.23. The highest BCUT2D eigenvalue weighted by atomic mass is 16.3. The van der Waals surface area contributed by atoms with Gasteiger partial charge in [0.15, 0.2) is 0 Å². The summed E-state index contributed by atoms with van der Waals surface area (Å²) >= 11 is 0. The quantitative estimate of drug-likeness (QED) is 0.734. The molecule has 0 aliphatic carbocycles. The number of urea groups is 1. The van der Waals surface area contributed by atoms with Crippen LogP contribution in [0.25, 0.3) is 0 Å². The Bertz CT molecular complexity index is 623. The third-order valence-electron chi connectivity index (χ3n) is 3.60. The van der Waals surface area contributed by atoms with Crippen LogP contribution in [0.4, 0.5) is 10.5 Å². The van der Waals surface area contributed by atoms with Crippen molar-refractivity contribution in [2.75, 3.05) is 18.5 Å². The van der Waals surface area contributed by atoms with Crippen molar-refractivity contribution in [1.82, 2.24) is 15.1 Å². The third kappa shape index (κ3) is 5.75. The number of anilines is 1. The average molecular weight is 316 g/mol. The number of aromatic nitrogens is 2. The topological polar surface area (TPSA) is 79.2 Å². The van der Waals surface area contributed by atoms with Gasteiger partial charge in [0.25, 0.3) is 0 Å². The lowest BCUT2D eigenvalue weighted by Crippen LogP contribution is -2.37. The molecular formula is C17H24N4O2. The number of nitrogens with zero attached hydrogens (tertiary/aromatic N) is 2. The van der Waals surface area contributed by atoms with E-state index in [1.165, 1.54) is 0 Å². The highest BCUT2D eigenvalue weighted by molar-refractivity contribution is 5.89. The smallest absolute Gasteiger partial charge is 0.319 e. The van der Waals surface area contributed by atoms with Crippen LogP contribution < -0.4 is 10.6 Å². The number of aliphatic hydroxyl groups excluding tert-OH is 1. The molecule has 0 saturated carbocycles. The molecule has 6 nitrogen and oxygen atoms in total. The van der Waals surface area contributed by atoms with Gasteiger partial charge in [-0.25, -0.2) is 4.79 Å². The van der Waals surface area contributed by atoms with Crippen LogP contribution in [0.5, 0.6) is 0 Å². The Kier molecular flexibility index (Phi) is 5.76. The molecule has 6 heteroatoms. The molecule has 0 spiro atoms. The van der Waals surface area contributed by atoms with Gasteiger partial charge in [0.05, 0.1) is 6.54 Å². The van der Waals surface area contributed by atoms with Gasteiger partial charge in [0.1, 0.15) is 0 Å². The number of hydrogen-bond donors (Lipinski definition) is 3. The fourth-order valence-corrected chi connectivity index (χ4v) is 2.21. The minimum absolute atomic E-state index is 0.117. The molecule has 3 N–H and O–H groups in total. The molecule has 2 rings (SSSR count). The lowest BCUT2D eigenvalue weighted by atomic mass is 9.90. The van der Waals surface area contributed by atoms with Gasteiger partial charge < -0.3 is 15.7 Å². The second kappa shape index (κ2) is 7.78. The maximum Gasteiger partial charge on any atom is 0.319 e. The van der Waals surface area contributed by atoms with Gasteiger partial charge in [0, 0.05) is 31.2 Å². The van der Waals surface area contributed by atoms with Crippen LogP contribution >= 0.6 is 0 Å². The van der Waals surface area contributed by atoms with Crippen molar-refractivity contribution < 1.29 is 9.90 Å². The van der Waals surface area contributed by atoms with Crippen LogP contribution in [-0.4, -0.2) is 34.1 Å². The van der Waals surface area contributed by atoms with Gasteiger partial charge >= 0.3 is 6.03 Å². The van der Waals surface area contributed by atoms with Crippen molar-refractivity contribution in [2.45, 2.75) is 26.8 Å². The highest BCUT2D eigenvalue weighted by Gasteiger charge is 2.18. The predicted molar refractivity (Wildman–Crippen MR) is 90.3 cm³/mol. The van der Waals surface area contributed by atoms with Crippen LogP contribution in [0.2, 0.25) is 0 Å². The van der Waals surface area contributed by atoms with E-state index in [9.17, 15) is 4.79 Å². The van der Waals surface area contributed by atoms with Gasteiger partial charge in [-0.2, -0.15) is 5.10 Å². The lowest BCUT2D eigenvalue weighted by molar-refractivity contribution is 0.204. The molecule has 0 unspecified atom stereocenters. The van der Waals surface area contributed by atoms with E-state index in [0.29, 0.717) is 19.5 Å². The SMILES string of the molecule is CC(C)(CCO)CNC(=O)Nc1cccc(Cn2cccn2)c1. The molecule has 0 saturated heterocycles. The molecule has 0 bridgehead atoms. The minimum atomic E-state index is -0.243. The predicted octanol–water partition coefficient (Wildman–Crippen LogP) is 2.46. The van der Waals surface area contributed by atoms with E-state index < -0.39 is 0 Å². The first kappa shape index (κ1) is 17.0. The molecule has 2 amide bonds. The first-order valence-corrected chi connectivity index (χ1v) is 7.71. The normalized spacial score (nSPS) is 11.3. The molecule has 124 valence electrons. The zero-order chi connectivity index (χ0) is 16.7. The summed E-state index contributed by atoms with van der Waals surface area (Å²) in [6, 6.07) is 9.32. The van der Waals surface area contributed by atoms with Crippen LogP contribution in [0.3, 0.4) is 0 Å². The van der Waals surface area contributed by atoms with E-state index in [4.69, 9.17) is 5.11 Å². The summed E-state index contributed by atoms with van der Waals surface area (Å²) in [6.45, 7) is 5.30. The number of hydrogen-bond acceptors (Lipinski definition) is 3. The zero-order valence-electron chi connectivity index (χ0n) is 13.6. The minimum Gasteiger partial charge on any atom is -0.396 e. The molecule has 1 aromatic carbocycles. The summed E-state index contributed by atoms with van der Waals surface area (Å²) in [5, 5.41) is 18.9. The van der Waals surface area contributed by atoms with Gasteiger partial charge in [-0.1, -0.05) is 26.0 Å². The Morgan fingerprint density at radius 2 is 2.17 bits per heavy atom.